The van der Waals surface area contributed by atoms with Gasteiger partial charge in [0.2, 0.25) is 5.88 Å². The predicted molar refractivity (Wildman–Crippen MR) is 110 cm³/mol. The molecule has 0 aliphatic carbocycles. The van der Waals surface area contributed by atoms with E-state index in [-0.39, 0.29) is 5.91 Å². The number of benzene rings is 1. The molecule has 3 aromatic rings. The van der Waals surface area contributed by atoms with Crippen molar-refractivity contribution in [1.82, 2.24) is 20.1 Å². The third kappa shape index (κ3) is 4.43. The SMILES string of the molecule is COc1nc(C)c(-c2cccc(C(=O)NCCCn3cccn3)c2)c(C)c1C#N. The van der Waals surface area contributed by atoms with Crippen LogP contribution in [0, 0.1) is 25.2 Å². The largest absolute Gasteiger partial charge is 0.480 e. The van der Waals surface area contributed by atoms with Crippen LogP contribution in [-0.2, 0) is 6.54 Å². The number of methoxy groups -OCH3 is 1. The topological polar surface area (TPSA) is 92.8 Å². The number of amides is 1. The van der Waals surface area contributed by atoms with Crippen molar-refractivity contribution in [2.24, 2.45) is 0 Å². The minimum absolute atomic E-state index is 0.135. The summed E-state index contributed by atoms with van der Waals surface area (Å²) >= 11 is 0. The molecule has 0 unspecified atom stereocenters. The van der Waals surface area contributed by atoms with Crippen molar-refractivity contribution >= 4 is 5.91 Å². The molecule has 1 amide bonds. The van der Waals surface area contributed by atoms with Gasteiger partial charge in [0.1, 0.15) is 11.6 Å². The number of hydrogen-bond donors (Lipinski definition) is 1. The van der Waals surface area contributed by atoms with Crippen LogP contribution >= 0.6 is 0 Å². The van der Waals surface area contributed by atoms with Crippen molar-refractivity contribution in [3.63, 3.8) is 0 Å². The van der Waals surface area contributed by atoms with Crippen LogP contribution in [0.1, 0.15) is 33.6 Å². The second-order valence-corrected chi connectivity index (χ2v) is 6.65. The molecule has 0 bridgehead atoms. The highest BCUT2D eigenvalue weighted by atomic mass is 16.5. The average molecular weight is 389 g/mol. The molecule has 7 heteroatoms. The number of pyridine rings is 1. The zero-order valence-corrected chi connectivity index (χ0v) is 16.8. The molecule has 0 aliphatic heterocycles. The van der Waals surface area contributed by atoms with E-state index in [2.05, 4.69) is 21.5 Å². The number of carbonyl (C=O) groups is 1. The molecule has 0 radical (unpaired) electrons. The lowest BCUT2D eigenvalue weighted by atomic mass is 9.95. The highest BCUT2D eigenvalue weighted by Crippen LogP contribution is 2.32. The van der Waals surface area contributed by atoms with Crippen molar-refractivity contribution in [1.29, 1.82) is 5.26 Å². The summed E-state index contributed by atoms with van der Waals surface area (Å²) in [6.07, 6.45) is 4.42. The number of rotatable bonds is 7. The smallest absolute Gasteiger partial charge is 0.251 e. The van der Waals surface area contributed by atoms with Gasteiger partial charge in [-0.05, 0) is 49.6 Å². The van der Waals surface area contributed by atoms with Crippen molar-refractivity contribution < 1.29 is 9.53 Å². The fourth-order valence-electron chi connectivity index (χ4n) is 3.32. The Morgan fingerprint density at radius 3 is 2.83 bits per heavy atom. The van der Waals surface area contributed by atoms with E-state index in [1.165, 1.54) is 7.11 Å². The number of carbonyl (C=O) groups excluding carboxylic acids is 1. The van der Waals surface area contributed by atoms with Crippen molar-refractivity contribution in [3.8, 4) is 23.1 Å². The number of hydrogen-bond acceptors (Lipinski definition) is 5. The standard InChI is InChI=1S/C22H23N5O2/c1-15-19(14-23)22(29-3)26-16(2)20(15)17-7-4-8-18(13-17)21(28)24-9-5-11-27-12-6-10-25-27/h4,6-8,10,12-13H,5,9,11H2,1-3H3,(H,24,28). The molecular formula is C22H23N5O2. The normalized spacial score (nSPS) is 10.4. The van der Waals surface area contributed by atoms with E-state index >= 15 is 0 Å². The first-order chi connectivity index (χ1) is 14.0. The number of aryl methyl sites for hydroxylation is 2. The fourth-order valence-corrected chi connectivity index (χ4v) is 3.32. The third-order valence-electron chi connectivity index (χ3n) is 4.72. The van der Waals surface area contributed by atoms with Gasteiger partial charge in [0.25, 0.3) is 5.91 Å². The van der Waals surface area contributed by atoms with Gasteiger partial charge in [-0.1, -0.05) is 12.1 Å². The van der Waals surface area contributed by atoms with Gasteiger partial charge in [0.05, 0.1) is 7.11 Å². The summed E-state index contributed by atoms with van der Waals surface area (Å²) in [6.45, 7) is 5.05. The number of ether oxygens (including phenoxy) is 1. The Morgan fingerprint density at radius 2 is 2.14 bits per heavy atom. The van der Waals surface area contributed by atoms with E-state index in [4.69, 9.17) is 4.74 Å². The first kappa shape index (κ1) is 20.1. The molecular weight excluding hydrogens is 366 g/mol. The first-order valence-electron chi connectivity index (χ1n) is 9.36. The van der Waals surface area contributed by atoms with Crippen LogP contribution in [0.15, 0.2) is 42.7 Å². The van der Waals surface area contributed by atoms with Gasteiger partial charge in [-0.25, -0.2) is 4.98 Å². The van der Waals surface area contributed by atoms with E-state index in [0.717, 1.165) is 35.3 Å². The van der Waals surface area contributed by atoms with Crippen LogP contribution in [0.25, 0.3) is 11.1 Å². The molecule has 1 N–H and O–H groups in total. The minimum Gasteiger partial charge on any atom is -0.480 e. The summed E-state index contributed by atoms with van der Waals surface area (Å²) in [5.41, 5.74) is 4.19. The second kappa shape index (κ2) is 9.02. The van der Waals surface area contributed by atoms with Gasteiger partial charge in [-0.2, -0.15) is 10.4 Å². The maximum Gasteiger partial charge on any atom is 0.251 e. The lowest BCUT2D eigenvalue weighted by Crippen LogP contribution is -2.25. The summed E-state index contributed by atoms with van der Waals surface area (Å²) in [6, 6.07) is 11.4. The lowest BCUT2D eigenvalue weighted by molar-refractivity contribution is 0.0952. The van der Waals surface area contributed by atoms with Crippen LogP contribution in [0.4, 0.5) is 0 Å². The fraction of sp³-hybridized carbons (Fsp3) is 0.273. The van der Waals surface area contributed by atoms with E-state index in [0.29, 0.717) is 23.6 Å². The van der Waals surface area contributed by atoms with Crippen LogP contribution < -0.4 is 10.1 Å². The molecule has 0 saturated heterocycles. The van der Waals surface area contributed by atoms with E-state index < -0.39 is 0 Å². The van der Waals surface area contributed by atoms with Crippen molar-refractivity contribution in [2.45, 2.75) is 26.8 Å². The molecule has 3 rings (SSSR count). The van der Waals surface area contributed by atoms with Crippen LogP contribution in [0.5, 0.6) is 5.88 Å². The third-order valence-corrected chi connectivity index (χ3v) is 4.72. The maximum absolute atomic E-state index is 12.6. The Bertz CT molecular complexity index is 1050. The van der Waals surface area contributed by atoms with Crippen LogP contribution in [0.3, 0.4) is 0 Å². The molecule has 0 atom stereocenters. The number of nitriles is 1. The number of nitrogens with zero attached hydrogens (tertiary/aromatic N) is 4. The van der Waals surface area contributed by atoms with E-state index in [1.54, 1.807) is 12.3 Å². The van der Waals surface area contributed by atoms with Gasteiger partial charge in [-0.15, -0.1) is 0 Å². The molecule has 7 nitrogen and oxygen atoms in total. The molecule has 29 heavy (non-hydrogen) atoms. The molecule has 1 aromatic carbocycles. The molecule has 0 spiro atoms. The second-order valence-electron chi connectivity index (χ2n) is 6.65. The zero-order valence-electron chi connectivity index (χ0n) is 16.8. The zero-order chi connectivity index (χ0) is 20.8. The van der Waals surface area contributed by atoms with E-state index in [9.17, 15) is 10.1 Å². The summed E-state index contributed by atoms with van der Waals surface area (Å²) in [7, 11) is 1.50. The van der Waals surface area contributed by atoms with Crippen LogP contribution in [-0.4, -0.2) is 34.3 Å². The minimum atomic E-state index is -0.135. The Labute approximate surface area is 170 Å². The Hall–Kier alpha value is -3.66. The van der Waals surface area contributed by atoms with Crippen molar-refractivity contribution in [2.75, 3.05) is 13.7 Å². The Morgan fingerprint density at radius 1 is 1.31 bits per heavy atom. The van der Waals surface area contributed by atoms with Gasteiger partial charge in [-0.3, -0.25) is 9.48 Å². The summed E-state index contributed by atoms with van der Waals surface area (Å²) in [4.78, 5) is 17.0. The number of aromatic nitrogens is 3. The average Bonchev–Trinajstić information content (AvgIpc) is 3.24. The van der Waals surface area contributed by atoms with Gasteiger partial charge in [0.15, 0.2) is 0 Å². The Kier molecular flexibility index (Phi) is 6.25. The molecule has 0 saturated carbocycles. The molecule has 0 fully saturated rings. The predicted octanol–water partition coefficient (Wildman–Crippen LogP) is 3.26. The summed E-state index contributed by atoms with van der Waals surface area (Å²) in [5.74, 6) is 0.182. The monoisotopic (exact) mass is 389 g/mol. The highest BCUT2D eigenvalue weighted by molar-refractivity contribution is 5.95. The van der Waals surface area contributed by atoms with Gasteiger partial charge >= 0.3 is 0 Å². The number of nitrogens with one attached hydrogen (secondary N) is 1. The quantitative estimate of drug-likeness (QED) is 0.626. The molecule has 2 aromatic heterocycles. The summed E-state index contributed by atoms with van der Waals surface area (Å²) < 4.78 is 7.06. The molecule has 0 aliphatic rings. The van der Waals surface area contributed by atoms with Crippen molar-refractivity contribution in [3.05, 3.63) is 65.1 Å². The first-order valence-corrected chi connectivity index (χ1v) is 9.36. The summed E-state index contributed by atoms with van der Waals surface area (Å²) in [5, 5.41) is 16.6. The van der Waals surface area contributed by atoms with Crippen LogP contribution in [0.2, 0.25) is 0 Å². The highest BCUT2D eigenvalue weighted by Gasteiger charge is 2.17. The van der Waals surface area contributed by atoms with Gasteiger partial charge in [0, 0.05) is 42.3 Å². The lowest BCUT2D eigenvalue weighted by Gasteiger charge is -2.14. The molecule has 2 heterocycles. The molecule has 148 valence electrons. The Balaban J connectivity index is 1.77. The maximum atomic E-state index is 12.6. The van der Waals surface area contributed by atoms with Gasteiger partial charge < -0.3 is 10.1 Å². The van der Waals surface area contributed by atoms with E-state index in [1.807, 2.05) is 49.0 Å².